The van der Waals surface area contributed by atoms with Gasteiger partial charge in [0.2, 0.25) is 0 Å². The summed E-state index contributed by atoms with van der Waals surface area (Å²) in [4.78, 5) is 11.0. The molecule has 1 aromatic rings. The Labute approximate surface area is 114 Å². The van der Waals surface area contributed by atoms with E-state index in [0.717, 1.165) is 25.1 Å². The van der Waals surface area contributed by atoms with Gasteiger partial charge in [-0.15, -0.1) is 0 Å². The maximum absolute atomic E-state index is 11.0. The van der Waals surface area contributed by atoms with Gasteiger partial charge in [-0.2, -0.15) is 0 Å². The molecule has 0 aliphatic heterocycles. The summed E-state index contributed by atoms with van der Waals surface area (Å²) in [6, 6.07) is 7.04. The van der Waals surface area contributed by atoms with Gasteiger partial charge in [0.05, 0.1) is 12.2 Å². The number of carboxylic acid groups (broad SMARTS) is 1. The van der Waals surface area contributed by atoms with Gasteiger partial charge < -0.3 is 15.2 Å². The molecule has 0 unspecified atom stereocenters. The summed E-state index contributed by atoms with van der Waals surface area (Å²) >= 11 is 0. The van der Waals surface area contributed by atoms with E-state index in [1.54, 1.807) is 12.1 Å². The van der Waals surface area contributed by atoms with E-state index >= 15 is 0 Å². The van der Waals surface area contributed by atoms with E-state index in [1.165, 1.54) is 0 Å². The molecule has 0 amide bonds. The predicted molar refractivity (Wildman–Crippen MR) is 75.4 cm³/mol. The van der Waals surface area contributed by atoms with Gasteiger partial charge >= 0.3 is 5.97 Å². The number of aromatic carboxylic acids is 1. The van der Waals surface area contributed by atoms with Crippen LogP contribution in [-0.4, -0.2) is 30.8 Å². The maximum Gasteiger partial charge on any atom is 0.336 e. The van der Waals surface area contributed by atoms with Crippen molar-refractivity contribution in [1.82, 2.24) is 5.32 Å². The SMILES string of the molecule is CC(C)CCOCCNCc1ccccc1C(=O)O. The largest absolute Gasteiger partial charge is 0.478 e. The lowest BCUT2D eigenvalue weighted by molar-refractivity contribution is 0.0695. The van der Waals surface area contributed by atoms with E-state index in [1.807, 2.05) is 12.1 Å². The highest BCUT2D eigenvalue weighted by atomic mass is 16.5. The summed E-state index contributed by atoms with van der Waals surface area (Å²) in [5.41, 5.74) is 1.16. The number of carbonyl (C=O) groups is 1. The van der Waals surface area contributed by atoms with Gasteiger partial charge in [-0.1, -0.05) is 32.0 Å². The number of hydrogen-bond donors (Lipinski definition) is 2. The lowest BCUT2D eigenvalue weighted by Gasteiger charge is -2.09. The first kappa shape index (κ1) is 15.7. The fourth-order valence-corrected chi connectivity index (χ4v) is 1.67. The monoisotopic (exact) mass is 265 g/mol. The van der Waals surface area contributed by atoms with Crippen LogP contribution in [0, 0.1) is 5.92 Å². The van der Waals surface area contributed by atoms with Gasteiger partial charge in [0.15, 0.2) is 0 Å². The Hall–Kier alpha value is -1.39. The zero-order valence-electron chi connectivity index (χ0n) is 11.7. The lowest BCUT2D eigenvalue weighted by Crippen LogP contribution is -2.21. The molecule has 2 N–H and O–H groups in total. The molecule has 19 heavy (non-hydrogen) atoms. The second-order valence-electron chi connectivity index (χ2n) is 4.93. The maximum atomic E-state index is 11.0. The fourth-order valence-electron chi connectivity index (χ4n) is 1.67. The standard InChI is InChI=1S/C15H23NO3/c1-12(2)7-9-19-10-8-16-11-13-5-3-4-6-14(13)15(17)18/h3-6,12,16H,7-11H2,1-2H3,(H,17,18). The zero-order chi connectivity index (χ0) is 14.1. The van der Waals surface area contributed by atoms with Crippen LogP contribution in [0.15, 0.2) is 24.3 Å². The smallest absolute Gasteiger partial charge is 0.336 e. The molecule has 0 heterocycles. The Kier molecular flexibility index (Phi) is 7.15. The molecule has 0 aliphatic carbocycles. The van der Waals surface area contributed by atoms with Crippen LogP contribution in [-0.2, 0) is 11.3 Å². The molecule has 0 radical (unpaired) electrons. The summed E-state index contributed by atoms with van der Waals surface area (Å²) < 4.78 is 5.48. The van der Waals surface area contributed by atoms with Crippen molar-refractivity contribution in [3.8, 4) is 0 Å². The predicted octanol–water partition coefficient (Wildman–Crippen LogP) is 2.54. The third-order valence-corrected chi connectivity index (χ3v) is 2.83. The molecule has 4 nitrogen and oxygen atoms in total. The zero-order valence-corrected chi connectivity index (χ0v) is 11.7. The summed E-state index contributed by atoms with van der Waals surface area (Å²) in [5.74, 6) is -0.221. The van der Waals surface area contributed by atoms with E-state index in [2.05, 4.69) is 19.2 Å². The van der Waals surface area contributed by atoms with Gasteiger partial charge in [0.25, 0.3) is 0 Å². The molecule has 0 saturated heterocycles. The average molecular weight is 265 g/mol. The van der Waals surface area contributed by atoms with Crippen molar-refractivity contribution in [2.24, 2.45) is 5.92 Å². The number of nitrogens with one attached hydrogen (secondary N) is 1. The second-order valence-corrected chi connectivity index (χ2v) is 4.93. The van der Waals surface area contributed by atoms with E-state index in [4.69, 9.17) is 9.84 Å². The molecular formula is C15H23NO3. The van der Waals surface area contributed by atoms with Crippen LogP contribution in [0.1, 0.15) is 36.2 Å². The highest BCUT2D eigenvalue weighted by molar-refractivity contribution is 5.89. The number of hydrogen-bond acceptors (Lipinski definition) is 3. The van der Waals surface area contributed by atoms with E-state index in [-0.39, 0.29) is 0 Å². The van der Waals surface area contributed by atoms with Crippen LogP contribution in [0.5, 0.6) is 0 Å². The van der Waals surface area contributed by atoms with Gasteiger partial charge in [-0.25, -0.2) is 4.79 Å². The molecule has 0 spiro atoms. The van der Waals surface area contributed by atoms with Crippen molar-refractivity contribution >= 4 is 5.97 Å². The third-order valence-electron chi connectivity index (χ3n) is 2.83. The molecule has 0 aliphatic rings. The van der Waals surface area contributed by atoms with Crippen LogP contribution in [0.3, 0.4) is 0 Å². The minimum Gasteiger partial charge on any atom is -0.478 e. The van der Waals surface area contributed by atoms with Crippen LogP contribution in [0.4, 0.5) is 0 Å². The lowest BCUT2D eigenvalue weighted by atomic mass is 10.1. The number of carboxylic acids is 1. The van der Waals surface area contributed by atoms with Gasteiger partial charge in [-0.05, 0) is 24.0 Å². The number of rotatable bonds is 9. The Bertz CT molecular complexity index is 391. The molecule has 0 saturated carbocycles. The Morgan fingerprint density at radius 2 is 2.05 bits per heavy atom. The van der Waals surface area contributed by atoms with Gasteiger partial charge in [0, 0.05) is 19.7 Å². The molecular weight excluding hydrogens is 242 g/mol. The minimum atomic E-state index is -0.884. The Morgan fingerprint density at radius 3 is 2.74 bits per heavy atom. The Balaban J connectivity index is 2.21. The van der Waals surface area contributed by atoms with Crippen molar-refractivity contribution in [2.75, 3.05) is 19.8 Å². The summed E-state index contributed by atoms with van der Waals surface area (Å²) in [5, 5.41) is 12.2. The normalized spacial score (nSPS) is 10.9. The Morgan fingerprint density at radius 1 is 1.32 bits per heavy atom. The number of ether oxygens (including phenoxy) is 1. The van der Waals surface area contributed by atoms with Crippen molar-refractivity contribution in [1.29, 1.82) is 0 Å². The van der Waals surface area contributed by atoms with Crippen molar-refractivity contribution in [3.63, 3.8) is 0 Å². The summed E-state index contributed by atoms with van der Waals surface area (Å²) in [6.45, 7) is 7.06. The van der Waals surface area contributed by atoms with Crippen molar-refractivity contribution in [3.05, 3.63) is 35.4 Å². The second kappa shape index (κ2) is 8.67. The fraction of sp³-hybridized carbons (Fsp3) is 0.533. The van der Waals surface area contributed by atoms with Crippen molar-refractivity contribution in [2.45, 2.75) is 26.8 Å². The molecule has 0 fully saturated rings. The highest BCUT2D eigenvalue weighted by Gasteiger charge is 2.07. The summed E-state index contributed by atoms with van der Waals surface area (Å²) in [7, 11) is 0. The van der Waals surface area contributed by atoms with E-state index in [0.29, 0.717) is 24.6 Å². The van der Waals surface area contributed by atoms with Gasteiger partial charge in [-0.3, -0.25) is 0 Å². The molecule has 0 bridgehead atoms. The van der Waals surface area contributed by atoms with Crippen LogP contribution in [0.2, 0.25) is 0 Å². The topological polar surface area (TPSA) is 58.6 Å². The van der Waals surface area contributed by atoms with Crippen LogP contribution >= 0.6 is 0 Å². The average Bonchev–Trinajstić information content (AvgIpc) is 2.37. The first-order chi connectivity index (χ1) is 9.11. The molecule has 1 rings (SSSR count). The quantitative estimate of drug-likeness (QED) is 0.674. The third kappa shape index (κ3) is 6.36. The van der Waals surface area contributed by atoms with Gasteiger partial charge in [0.1, 0.15) is 0 Å². The molecule has 106 valence electrons. The molecule has 1 aromatic carbocycles. The molecule has 0 atom stereocenters. The summed E-state index contributed by atoms with van der Waals surface area (Å²) in [6.07, 6.45) is 1.07. The first-order valence-electron chi connectivity index (χ1n) is 6.71. The molecule has 0 aromatic heterocycles. The van der Waals surface area contributed by atoms with Crippen LogP contribution in [0.25, 0.3) is 0 Å². The minimum absolute atomic E-state index is 0.357. The van der Waals surface area contributed by atoms with Crippen molar-refractivity contribution < 1.29 is 14.6 Å². The van der Waals surface area contributed by atoms with Crippen LogP contribution < -0.4 is 5.32 Å². The number of benzene rings is 1. The molecule has 4 heteroatoms. The first-order valence-corrected chi connectivity index (χ1v) is 6.71. The highest BCUT2D eigenvalue weighted by Crippen LogP contribution is 2.08. The van der Waals surface area contributed by atoms with E-state index in [9.17, 15) is 4.79 Å². The van der Waals surface area contributed by atoms with E-state index < -0.39 is 5.97 Å².